The zero-order chi connectivity index (χ0) is 23.7. The number of aromatic nitrogens is 2. The van der Waals surface area contributed by atoms with E-state index in [0.29, 0.717) is 44.8 Å². The third kappa shape index (κ3) is 4.20. The number of nitriles is 1. The topological polar surface area (TPSA) is 103 Å². The Morgan fingerprint density at radius 1 is 1.26 bits per heavy atom. The minimum absolute atomic E-state index is 0.0166. The van der Waals surface area contributed by atoms with Gasteiger partial charge in [0.25, 0.3) is 0 Å². The van der Waals surface area contributed by atoms with Gasteiger partial charge in [0.15, 0.2) is 0 Å². The smallest absolute Gasteiger partial charge is 0.240 e. The monoisotopic (exact) mass is 461 g/mol. The molecule has 5 rings (SSSR count). The molecule has 9 heteroatoms. The molecule has 0 unspecified atom stereocenters. The Bertz CT molecular complexity index is 1270. The Hall–Kier alpha value is -3.90. The van der Waals surface area contributed by atoms with Crippen LogP contribution in [0.25, 0.3) is 0 Å². The summed E-state index contributed by atoms with van der Waals surface area (Å²) in [6.45, 7) is 2.00. The standard InChI is InChI=1S/C25H24FN5O3/c26-21-9-16(1-2-17(21)11-27)14-30-15-28-12-18(30)13-29-22-5-7-31(25(22)33)23-6-8-34-24-4-3-19(32)10-20(23)24/h1-4,9-10,12,15,22-23,29,32H,5-8,13-14H2/t22-,23+/m0/s1. The number of amides is 1. The van der Waals surface area contributed by atoms with Gasteiger partial charge >= 0.3 is 0 Å². The van der Waals surface area contributed by atoms with Crippen LogP contribution in [0.3, 0.4) is 0 Å². The van der Waals surface area contributed by atoms with Crippen molar-refractivity contribution in [3.05, 3.63) is 77.1 Å². The summed E-state index contributed by atoms with van der Waals surface area (Å²) in [5.41, 5.74) is 2.45. The molecule has 34 heavy (non-hydrogen) atoms. The molecule has 1 fully saturated rings. The number of hydrogen-bond donors (Lipinski definition) is 2. The summed E-state index contributed by atoms with van der Waals surface area (Å²) >= 11 is 0. The van der Waals surface area contributed by atoms with Gasteiger partial charge in [-0.05, 0) is 42.3 Å². The van der Waals surface area contributed by atoms with Crippen LogP contribution >= 0.6 is 0 Å². The highest BCUT2D eigenvalue weighted by atomic mass is 19.1. The summed E-state index contributed by atoms with van der Waals surface area (Å²) in [4.78, 5) is 19.3. The number of phenolic OH excluding ortho intramolecular Hbond substituents is 1. The fourth-order valence-electron chi connectivity index (χ4n) is 4.70. The van der Waals surface area contributed by atoms with E-state index < -0.39 is 5.82 Å². The first-order chi connectivity index (χ1) is 16.5. The molecule has 2 aliphatic heterocycles. The SMILES string of the molecule is N#Cc1ccc(Cn2cncc2CN[C@H]2CCN([C@@H]3CCOc4ccc(O)cc43)C2=O)cc1F. The van der Waals surface area contributed by atoms with Crippen LogP contribution in [-0.2, 0) is 17.9 Å². The van der Waals surface area contributed by atoms with Gasteiger partial charge in [0.1, 0.15) is 23.4 Å². The van der Waals surface area contributed by atoms with Gasteiger partial charge in [-0.1, -0.05) is 6.07 Å². The summed E-state index contributed by atoms with van der Waals surface area (Å²) in [7, 11) is 0. The normalized spacial score (nSPS) is 19.5. The Morgan fingerprint density at radius 3 is 2.97 bits per heavy atom. The first-order valence-corrected chi connectivity index (χ1v) is 11.2. The highest BCUT2D eigenvalue weighted by Gasteiger charge is 2.38. The van der Waals surface area contributed by atoms with Crippen molar-refractivity contribution >= 4 is 5.91 Å². The quantitative estimate of drug-likeness (QED) is 0.585. The number of hydrogen-bond acceptors (Lipinski definition) is 6. The third-order valence-corrected chi connectivity index (χ3v) is 6.45. The molecular formula is C25H24FN5O3. The largest absolute Gasteiger partial charge is 0.508 e. The molecule has 0 radical (unpaired) electrons. The number of phenols is 1. The van der Waals surface area contributed by atoms with Gasteiger partial charge in [0.2, 0.25) is 5.91 Å². The molecule has 8 nitrogen and oxygen atoms in total. The van der Waals surface area contributed by atoms with Crippen LogP contribution in [0.5, 0.6) is 11.5 Å². The molecule has 1 saturated heterocycles. The minimum Gasteiger partial charge on any atom is -0.508 e. The Morgan fingerprint density at radius 2 is 2.15 bits per heavy atom. The second kappa shape index (κ2) is 9.15. The average molecular weight is 461 g/mol. The molecule has 174 valence electrons. The van der Waals surface area contributed by atoms with Crippen LogP contribution in [0.2, 0.25) is 0 Å². The fraction of sp³-hybridized carbons (Fsp3) is 0.320. The molecule has 0 aliphatic carbocycles. The van der Waals surface area contributed by atoms with Crippen molar-refractivity contribution in [1.29, 1.82) is 5.26 Å². The maximum atomic E-state index is 14.0. The van der Waals surface area contributed by atoms with E-state index >= 15 is 0 Å². The van der Waals surface area contributed by atoms with E-state index in [9.17, 15) is 14.3 Å². The molecule has 1 aromatic heterocycles. The van der Waals surface area contributed by atoms with Gasteiger partial charge in [0, 0.05) is 37.8 Å². The van der Waals surface area contributed by atoms with E-state index in [0.717, 1.165) is 16.8 Å². The van der Waals surface area contributed by atoms with Crippen molar-refractivity contribution in [2.75, 3.05) is 13.2 Å². The van der Waals surface area contributed by atoms with E-state index in [4.69, 9.17) is 10.00 Å². The van der Waals surface area contributed by atoms with E-state index in [1.807, 2.05) is 15.5 Å². The highest BCUT2D eigenvalue weighted by molar-refractivity contribution is 5.84. The van der Waals surface area contributed by atoms with Crippen LogP contribution in [0, 0.1) is 17.1 Å². The van der Waals surface area contributed by atoms with Crippen molar-refractivity contribution in [3.8, 4) is 17.6 Å². The van der Waals surface area contributed by atoms with Crippen molar-refractivity contribution in [3.63, 3.8) is 0 Å². The van der Waals surface area contributed by atoms with Gasteiger partial charge in [-0.25, -0.2) is 9.37 Å². The van der Waals surface area contributed by atoms with Crippen LogP contribution < -0.4 is 10.1 Å². The Kier molecular flexibility index (Phi) is 5.90. The molecule has 0 saturated carbocycles. The zero-order valence-corrected chi connectivity index (χ0v) is 18.4. The van der Waals surface area contributed by atoms with Gasteiger partial charge in [-0.15, -0.1) is 0 Å². The number of imidazole rings is 1. The first-order valence-electron chi connectivity index (χ1n) is 11.2. The van der Waals surface area contributed by atoms with Crippen molar-refractivity contribution < 1.29 is 19.0 Å². The third-order valence-electron chi connectivity index (χ3n) is 6.45. The Labute approximate surface area is 196 Å². The zero-order valence-electron chi connectivity index (χ0n) is 18.4. The lowest BCUT2D eigenvalue weighted by molar-refractivity contribution is -0.132. The van der Waals surface area contributed by atoms with Crippen LogP contribution in [0.1, 0.15) is 41.3 Å². The molecule has 2 aliphatic rings. The second-order valence-electron chi connectivity index (χ2n) is 8.57. The number of fused-ring (bicyclic) bond motifs is 1. The first kappa shape index (κ1) is 21.9. The maximum Gasteiger partial charge on any atom is 0.240 e. The van der Waals surface area contributed by atoms with E-state index in [2.05, 4.69) is 10.3 Å². The van der Waals surface area contributed by atoms with Gasteiger partial charge < -0.3 is 24.6 Å². The number of benzene rings is 2. The number of nitrogens with one attached hydrogen (secondary N) is 1. The summed E-state index contributed by atoms with van der Waals surface area (Å²) in [6, 6.07) is 11.0. The molecule has 2 aromatic carbocycles. The molecule has 0 spiro atoms. The number of halogens is 1. The van der Waals surface area contributed by atoms with E-state index in [1.54, 1.807) is 36.8 Å². The number of carbonyl (C=O) groups excluding carboxylic acids is 1. The highest BCUT2D eigenvalue weighted by Crippen LogP contribution is 2.39. The summed E-state index contributed by atoms with van der Waals surface area (Å²) in [5.74, 6) is 0.355. The number of ether oxygens (including phenoxy) is 1. The molecule has 2 N–H and O–H groups in total. The van der Waals surface area contributed by atoms with Gasteiger partial charge in [0.05, 0.1) is 36.3 Å². The molecule has 0 bridgehead atoms. The van der Waals surface area contributed by atoms with Gasteiger partial charge in [-0.2, -0.15) is 5.26 Å². The number of nitrogens with zero attached hydrogens (tertiary/aromatic N) is 4. The van der Waals surface area contributed by atoms with Crippen molar-refractivity contribution in [2.45, 2.75) is 38.0 Å². The minimum atomic E-state index is -0.542. The fourth-order valence-corrected chi connectivity index (χ4v) is 4.70. The summed E-state index contributed by atoms with van der Waals surface area (Å²) < 4.78 is 21.5. The summed E-state index contributed by atoms with van der Waals surface area (Å²) in [5, 5.41) is 22.2. The van der Waals surface area contributed by atoms with Crippen LogP contribution in [-0.4, -0.2) is 44.7 Å². The number of likely N-dealkylation sites (tertiary alicyclic amines) is 1. The summed E-state index contributed by atoms with van der Waals surface area (Å²) in [6.07, 6.45) is 4.76. The maximum absolute atomic E-state index is 14.0. The lowest BCUT2D eigenvalue weighted by Gasteiger charge is -2.33. The van der Waals surface area contributed by atoms with Crippen LogP contribution in [0.4, 0.5) is 4.39 Å². The molecule has 2 atom stereocenters. The van der Waals surface area contributed by atoms with E-state index in [-0.39, 0.29) is 29.3 Å². The van der Waals surface area contributed by atoms with Crippen molar-refractivity contribution in [1.82, 2.24) is 19.8 Å². The lowest BCUT2D eigenvalue weighted by Crippen LogP contribution is -2.40. The number of rotatable bonds is 6. The molecule has 3 heterocycles. The predicted molar refractivity (Wildman–Crippen MR) is 120 cm³/mol. The molecule has 1 amide bonds. The van der Waals surface area contributed by atoms with Crippen LogP contribution in [0.15, 0.2) is 48.9 Å². The van der Waals surface area contributed by atoms with Crippen molar-refractivity contribution in [2.24, 2.45) is 0 Å². The lowest BCUT2D eigenvalue weighted by atomic mass is 9.99. The molecular weight excluding hydrogens is 437 g/mol. The number of aromatic hydroxyl groups is 1. The second-order valence-corrected chi connectivity index (χ2v) is 8.57. The predicted octanol–water partition coefficient (Wildman–Crippen LogP) is 2.86. The Balaban J connectivity index is 1.24. The average Bonchev–Trinajstić information content (AvgIpc) is 3.43. The van der Waals surface area contributed by atoms with E-state index in [1.165, 1.54) is 12.1 Å². The number of carbonyl (C=O) groups is 1. The molecule has 3 aromatic rings. The van der Waals surface area contributed by atoms with Gasteiger partial charge in [-0.3, -0.25) is 4.79 Å².